The van der Waals surface area contributed by atoms with Gasteiger partial charge in [-0.3, -0.25) is 4.68 Å². The first-order valence-electron chi connectivity index (χ1n) is 4.12. The Balaban J connectivity index is 2.90. The van der Waals surface area contributed by atoms with E-state index in [1.165, 1.54) is 4.68 Å². The van der Waals surface area contributed by atoms with Gasteiger partial charge >= 0.3 is 5.97 Å². The van der Waals surface area contributed by atoms with E-state index in [2.05, 4.69) is 10.1 Å². The largest absolute Gasteiger partial charge is 0.478 e. The lowest BCUT2D eigenvalue weighted by molar-refractivity contribution is 0.0698. The summed E-state index contributed by atoms with van der Waals surface area (Å²) in [6, 6.07) is 1.55. The molecule has 0 atom stereocenters. The summed E-state index contributed by atoms with van der Waals surface area (Å²) in [7, 11) is 1.70. The lowest BCUT2D eigenvalue weighted by Gasteiger charge is -2.00. The minimum absolute atomic E-state index is 0.243. The minimum Gasteiger partial charge on any atom is -0.478 e. The summed E-state index contributed by atoms with van der Waals surface area (Å²) in [6.45, 7) is 1.76. The molecule has 2 rings (SSSR count). The Morgan fingerprint density at radius 2 is 2.29 bits per heavy atom. The molecule has 0 amide bonds. The molecule has 0 spiro atoms. The van der Waals surface area contributed by atoms with Gasteiger partial charge < -0.3 is 5.11 Å². The average molecular weight is 191 g/mol. The van der Waals surface area contributed by atoms with Gasteiger partial charge in [-0.15, -0.1) is 0 Å². The smallest absolute Gasteiger partial charge is 0.338 e. The van der Waals surface area contributed by atoms with Crippen LogP contribution in [0.5, 0.6) is 0 Å². The maximum Gasteiger partial charge on any atom is 0.338 e. The third-order valence-corrected chi connectivity index (χ3v) is 2.06. The second kappa shape index (κ2) is 2.80. The van der Waals surface area contributed by atoms with Crippen molar-refractivity contribution in [2.24, 2.45) is 7.05 Å². The van der Waals surface area contributed by atoms with Gasteiger partial charge in [-0.05, 0) is 13.0 Å². The Kier molecular flexibility index (Phi) is 1.73. The molecule has 0 aliphatic carbocycles. The van der Waals surface area contributed by atoms with Crippen LogP contribution in [-0.2, 0) is 7.05 Å². The molecule has 1 N–H and O–H groups in total. The van der Waals surface area contributed by atoms with E-state index in [-0.39, 0.29) is 5.56 Å². The molecule has 2 aromatic rings. The van der Waals surface area contributed by atoms with Crippen LogP contribution in [0.1, 0.15) is 16.1 Å². The highest BCUT2D eigenvalue weighted by molar-refractivity contribution is 6.00. The van der Waals surface area contributed by atoms with E-state index in [4.69, 9.17) is 5.11 Å². The maximum absolute atomic E-state index is 10.9. The summed E-state index contributed by atoms with van der Waals surface area (Å²) >= 11 is 0. The first kappa shape index (κ1) is 8.68. The predicted molar refractivity (Wildman–Crippen MR) is 50.2 cm³/mol. The zero-order chi connectivity index (χ0) is 10.3. The number of aromatic carboxylic acids is 1. The second-order valence-corrected chi connectivity index (χ2v) is 3.12. The van der Waals surface area contributed by atoms with Crippen LogP contribution in [0.25, 0.3) is 11.0 Å². The van der Waals surface area contributed by atoms with Crippen LogP contribution in [0.2, 0.25) is 0 Å². The van der Waals surface area contributed by atoms with Crippen LogP contribution in [0.4, 0.5) is 0 Å². The number of hydrogen-bond acceptors (Lipinski definition) is 3. The number of nitrogens with zero attached hydrogens (tertiary/aromatic N) is 3. The molecule has 0 saturated carbocycles. The molecule has 2 heterocycles. The zero-order valence-electron chi connectivity index (χ0n) is 7.85. The van der Waals surface area contributed by atoms with Gasteiger partial charge in [-0.1, -0.05) is 0 Å². The molecule has 0 aromatic carbocycles. The summed E-state index contributed by atoms with van der Waals surface area (Å²) in [5, 5.41) is 13.0. The molecular weight excluding hydrogens is 182 g/mol. The van der Waals surface area contributed by atoms with Crippen molar-refractivity contribution < 1.29 is 9.90 Å². The third kappa shape index (κ3) is 1.14. The summed E-state index contributed by atoms with van der Waals surface area (Å²) in [5.41, 5.74) is 2.10. The molecule has 0 fully saturated rings. The summed E-state index contributed by atoms with van der Waals surface area (Å²) < 4.78 is 1.52. The van der Waals surface area contributed by atoms with Crippen LogP contribution in [0.3, 0.4) is 0 Å². The van der Waals surface area contributed by atoms with Gasteiger partial charge in [-0.25, -0.2) is 9.78 Å². The summed E-state index contributed by atoms with van der Waals surface area (Å²) in [4.78, 5) is 15.1. The molecule has 14 heavy (non-hydrogen) atoms. The fourth-order valence-corrected chi connectivity index (χ4v) is 1.48. The van der Waals surface area contributed by atoms with E-state index < -0.39 is 5.97 Å². The van der Waals surface area contributed by atoms with Crippen molar-refractivity contribution >= 4 is 17.0 Å². The standard InChI is InChI=1S/C9H9N3O2/c1-5-3-6(9(13)14)8-7(11-5)4-10-12(8)2/h3-4H,1-2H3,(H,13,14). The van der Waals surface area contributed by atoms with E-state index >= 15 is 0 Å². The number of pyridine rings is 1. The lowest BCUT2D eigenvalue weighted by Crippen LogP contribution is -2.03. The van der Waals surface area contributed by atoms with E-state index in [1.54, 1.807) is 26.2 Å². The van der Waals surface area contributed by atoms with Crippen molar-refractivity contribution in [1.82, 2.24) is 14.8 Å². The number of carboxylic acid groups (broad SMARTS) is 1. The SMILES string of the molecule is Cc1cc(C(=O)O)c2c(cnn2C)n1. The number of fused-ring (bicyclic) bond motifs is 1. The monoisotopic (exact) mass is 191 g/mol. The number of aryl methyl sites for hydroxylation is 2. The number of carbonyl (C=O) groups is 1. The first-order valence-corrected chi connectivity index (χ1v) is 4.12. The minimum atomic E-state index is -0.955. The van der Waals surface area contributed by atoms with Gasteiger partial charge in [0.25, 0.3) is 0 Å². The summed E-state index contributed by atoms with van der Waals surface area (Å²) in [6.07, 6.45) is 1.56. The predicted octanol–water partition coefficient (Wildman–Crippen LogP) is 0.975. The van der Waals surface area contributed by atoms with Gasteiger partial charge in [0, 0.05) is 12.7 Å². The fraction of sp³-hybridized carbons (Fsp3) is 0.222. The normalized spacial score (nSPS) is 10.7. The quantitative estimate of drug-likeness (QED) is 0.729. The number of hydrogen-bond donors (Lipinski definition) is 1. The third-order valence-electron chi connectivity index (χ3n) is 2.06. The molecule has 0 aliphatic rings. The van der Waals surface area contributed by atoms with Crippen LogP contribution < -0.4 is 0 Å². The van der Waals surface area contributed by atoms with Crippen LogP contribution in [0, 0.1) is 6.92 Å². The van der Waals surface area contributed by atoms with Crippen molar-refractivity contribution in [3.8, 4) is 0 Å². The van der Waals surface area contributed by atoms with Gasteiger partial charge in [0.1, 0.15) is 11.0 Å². The number of carboxylic acids is 1. The zero-order valence-corrected chi connectivity index (χ0v) is 7.85. The summed E-state index contributed by atoms with van der Waals surface area (Å²) in [5.74, 6) is -0.955. The van der Waals surface area contributed by atoms with Crippen LogP contribution in [-0.4, -0.2) is 25.8 Å². The van der Waals surface area contributed by atoms with Crippen LogP contribution >= 0.6 is 0 Å². The molecule has 72 valence electrons. The van der Waals surface area contributed by atoms with Crippen LogP contribution in [0.15, 0.2) is 12.3 Å². The van der Waals surface area contributed by atoms with Gasteiger partial charge in [0.05, 0.1) is 11.8 Å². The number of rotatable bonds is 1. The van der Waals surface area contributed by atoms with E-state index in [9.17, 15) is 4.79 Å². The molecular formula is C9H9N3O2. The Labute approximate surface area is 80.0 Å². The molecule has 0 saturated heterocycles. The fourth-order valence-electron chi connectivity index (χ4n) is 1.48. The highest BCUT2D eigenvalue weighted by atomic mass is 16.4. The van der Waals surface area contributed by atoms with E-state index in [0.717, 1.165) is 0 Å². The highest BCUT2D eigenvalue weighted by Crippen LogP contribution is 2.17. The maximum atomic E-state index is 10.9. The molecule has 5 heteroatoms. The van der Waals surface area contributed by atoms with E-state index in [1.807, 2.05) is 0 Å². The molecule has 5 nitrogen and oxygen atoms in total. The Bertz CT molecular complexity index is 516. The Morgan fingerprint density at radius 1 is 1.57 bits per heavy atom. The van der Waals surface area contributed by atoms with Crippen molar-refractivity contribution in [1.29, 1.82) is 0 Å². The second-order valence-electron chi connectivity index (χ2n) is 3.12. The molecule has 0 aliphatic heterocycles. The number of aromatic nitrogens is 3. The average Bonchev–Trinajstić information content (AvgIpc) is 2.46. The topological polar surface area (TPSA) is 68.0 Å². The molecule has 0 radical (unpaired) electrons. The van der Waals surface area contributed by atoms with Crippen molar-refractivity contribution in [3.05, 3.63) is 23.5 Å². The van der Waals surface area contributed by atoms with Gasteiger partial charge in [0.15, 0.2) is 0 Å². The Morgan fingerprint density at radius 3 is 2.93 bits per heavy atom. The Hall–Kier alpha value is -1.91. The highest BCUT2D eigenvalue weighted by Gasteiger charge is 2.13. The molecule has 0 bridgehead atoms. The molecule has 0 unspecified atom stereocenters. The van der Waals surface area contributed by atoms with Crippen molar-refractivity contribution in [2.75, 3.05) is 0 Å². The first-order chi connectivity index (χ1) is 6.59. The lowest BCUT2D eigenvalue weighted by atomic mass is 10.2. The van der Waals surface area contributed by atoms with Crippen molar-refractivity contribution in [2.45, 2.75) is 6.92 Å². The molecule has 2 aromatic heterocycles. The van der Waals surface area contributed by atoms with E-state index in [0.29, 0.717) is 16.7 Å². The van der Waals surface area contributed by atoms with Crippen molar-refractivity contribution in [3.63, 3.8) is 0 Å². The van der Waals surface area contributed by atoms with Gasteiger partial charge in [-0.2, -0.15) is 5.10 Å². The van der Waals surface area contributed by atoms with Gasteiger partial charge in [0.2, 0.25) is 0 Å².